The highest BCUT2D eigenvalue weighted by Gasteiger charge is 2.77. The minimum Gasteiger partial charge on any atom is -0.494 e. The molecule has 1 aromatic carbocycles. The van der Waals surface area contributed by atoms with Gasteiger partial charge in [0.25, 0.3) is 0 Å². The molecule has 3 aliphatic heterocycles. The Morgan fingerprint density at radius 2 is 1.76 bits per heavy atom. The number of likely N-dealkylation sites (tertiary alicyclic amines) is 1. The lowest BCUT2D eigenvalue weighted by Crippen LogP contribution is -2.60. The van der Waals surface area contributed by atoms with E-state index in [4.69, 9.17) is 4.74 Å². The van der Waals surface area contributed by atoms with Crippen molar-refractivity contribution in [3.63, 3.8) is 0 Å². The smallest absolute Gasteiger partial charge is 0.244 e. The van der Waals surface area contributed by atoms with E-state index in [1.807, 2.05) is 45.0 Å². The Labute approximate surface area is 256 Å². The Balaban J connectivity index is 1.71. The van der Waals surface area contributed by atoms with Crippen molar-refractivity contribution in [2.24, 2.45) is 23.2 Å². The Morgan fingerprint density at radius 1 is 1.12 bits per heavy atom. The highest BCUT2D eigenvalue weighted by Crippen LogP contribution is 2.71. The number of ether oxygens (including phenoxy) is 1. The molecule has 0 saturated carbocycles. The molecule has 4 rings (SSSR count). The van der Waals surface area contributed by atoms with Crippen molar-refractivity contribution >= 4 is 35.2 Å². The molecular formula is C33H51N3O5S. The van der Waals surface area contributed by atoms with E-state index in [1.54, 1.807) is 16.7 Å². The molecule has 8 nitrogen and oxygen atoms in total. The number of benzene rings is 1. The van der Waals surface area contributed by atoms with Gasteiger partial charge in [-0.15, -0.1) is 11.8 Å². The predicted molar refractivity (Wildman–Crippen MR) is 168 cm³/mol. The van der Waals surface area contributed by atoms with Gasteiger partial charge in [-0.3, -0.25) is 14.4 Å². The number of hydrogen-bond acceptors (Lipinski definition) is 6. The Bertz CT molecular complexity index is 1180. The van der Waals surface area contributed by atoms with Crippen LogP contribution in [0.25, 0.3) is 0 Å². The number of aliphatic hydroxyl groups excluding tert-OH is 1. The first-order valence-corrected chi connectivity index (χ1v) is 16.3. The van der Waals surface area contributed by atoms with E-state index < -0.39 is 39.0 Å². The first-order valence-electron chi connectivity index (χ1n) is 15.5. The fourth-order valence-electron chi connectivity index (χ4n) is 8.07. The summed E-state index contributed by atoms with van der Waals surface area (Å²) in [7, 11) is 0. The van der Waals surface area contributed by atoms with Gasteiger partial charge in [0.1, 0.15) is 11.8 Å². The molecule has 3 aliphatic rings. The average molecular weight is 602 g/mol. The number of rotatable bonds is 11. The van der Waals surface area contributed by atoms with Gasteiger partial charge in [0.2, 0.25) is 17.7 Å². The van der Waals surface area contributed by atoms with Crippen LogP contribution in [0.4, 0.5) is 5.69 Å². The number of nitrogens with zero attached hydrogens (tertiary/aromatic N) is 1. The van der Waals surface area contributed by atoms with Crippen LogP contribution in [0.5, 0.6) is 5.75 Å². The molecule has 234 valence electrons. The Hall–Kier alpha value is -2.26. The third-order valence-electron chi connectivity index (χ3n) is 8.96. The van der Waals surface area contributed by atoms with Crippen LogP contribution in [0.15, 0.2) is 24.3 Å². The number of amides is 3. The van der Waals surface area contributed by atoms with Crippen LogP contribution in [0.3, 0.4) is 0 Å². The largest absolute Gasteiger partial charge is 0.494 e. The second kappa shape index (κ2) is 11.7. The predicted octanol–water partition coefficient (Wildman–Crippen LogP) is 5.24. The van der Waals surface area contributed by atoms with Crippen LogP contribution in [0.2, 0.25) is 0 Å². The van der Waals surface area contributed by atoms with Crippen molar-refractivity contribution in [1.29, 1.82) is 0 Å². The van der Waals surface area contributed by atoms with Gasteiger partial charge in [-0.25, -0.2) is 0 Å². The summed E-state index contributed by atoms with van der Waals surface area (Å²) in [6.07, 6.45) is 2.74. The molecule has 42 heavy (non-hydrogen) atoms. The molecule has 3 saturated heterocycles. The molecule has 3 heterocycles. The third kappa shape index (κ3) is 6.19. The minimum atomic E-state index is -0.764. The lowest BCUT2D eigenvalue weighted by atomic mass is 9.66. The van der Waals surface area contributed by atoms with Gasteiger partial charge in [-0.05, 0) is 89.0 Å². The summed E-state index contributed by atoms with van der Waals surface area (Å²) < 4.78 is 4.32. The van der Waals surface area contributed by atoms with E-state index in [-0.39, 0.29) is 35.7 Å². The Kier molecular flexibility index (Phi) is 9.08. The van der Waals surface area contributed by atoms with Crippen molar-refractivity contribution < 1.29 is 24.2 Å². The van der Waals surface area contributed by atoms with Crippen molar-refractivity contribution in [3.05, 3.63) is 24.3 Å². The van der Waals surface area contributed by atoms with Gasteiger partial charge >= 0.3 is 0 Å². The number of anilines is 1. The number of fused-ring (bicyclic) bond motifs is 1. The highest BCUT2D eigenvalue weighted by molar-refractivity contribution is 8.02. The zero-order chi connectivity index (χ0) is 31.3. The van der Waals surface area contributed by atoms with Crippen LogP contribution in [0.1, 0.15) is 88.0 Å². The lowest BCUT2D eigenvalue weighted by molar-refractivity contribution is -0.143. The van der Waals surface area contributed by atoms with E-state index in [0.29, 0.717) is 25.1 Å². The van der Waals surface area contributed by atoms with Crippen LogP contribution in [-0.4, -0.2) is 68.1 Å². The summed E-state index contributed by atoms with van der Waals surface area (Å²) >= 11 is 1.65. The van der Waals surface area contributed by atoms with Gasteiger partial charge in [0.05, 0.1) is 35.8 Å². The van der Waals surface area contributed by atoms with E-state index >= 15 is 0 Å². The number of carbonyl (C=O) groups excluding carboxylic acids is 3. The van der Waals surface area contributed by atoms with Crippen molar-refractivity contribution in [1.82, 2.24) is 10.2 Å². The summed E-state index contributed by atoms with van der Waals surface area (Å²) in [5.41, 5.74) is 0.135. The molecule has 3 amide bonds. The van der Waals surface area contributed by atoms with Crippen LogP contribution in [-0.2, 0) is 14.4 Å². The molecule has 0 radical (unpaired) electrons. The molecule has 6 atom stereocenters. The monoisotopic (exact) mass is 601 g/mol. The lowest BCUT2D eigenvalue weighted by Gasteiger charge is -2.40. The number of thioether (sulfide) groups is 1. The molecule has 2 unspecified atom stereocenters. The van der Waals surface area contributed by atoms with Gasteiger partial charge < -0.3 is 25.4 Å². The molecule has 2 bridgehead atoms. The molecule has 3 N–H and O–H groups in total. The normalized spacial score (nSPS) is 29.5. The van der Waals surface area contributed by atoms with E-state index in [2.05, 4.69) is 52.2 Å². The topological polar surface area (TPSA) is 108 Å². The van der Waals surface area contributed by atoms with Crippen LogP contribution in [0, 0.1) is 23.2 Å². The summed E-state index contributed by atoms with van der Waals surface area (Å²) in [5.74, 6) is -0.884. The molecule has 0 aromatic heterocycles. The maximum atomic E-state index is 14.5. The van der Waals surface area contributed by atoms with Gasteiger partial charge in [-0.1, -0.05) is 34.6 Å². The van der Waals surface area contributed by atoms with Gasteiger partial charge in [-0.2, -0.15) is 0 Å². The Morgan fingerprint density at radius 3 is 2.31 bits per heavy atom. The van der Waals surface area contributed by atoms with E-state index in [1.165, 1.54) is 0 Å². The highest BCUT2D eigenvalue weighted by atomic mass is 32.2. The molecule has 9 heteroatoms. The fraction of sp³-hybridized carbons (Fsp3) is 0.727. The molecule has 1 aromatic rings. The van der Waals surface area contributed by atoms with Crippen molar-refractivity contribution in [3.8, 4) is 5.75 Å². The molecular weight excluding hydrogens is 550 g/mol. The summed E-state index contributed by atoms with van der Waals surface area (Å²) in [6, 6.07) is 5.99. The molecule has 1 spiro atoms. The summed E-state index contributed by atoms with van der Waals surface area (Å²) in [6.45, 7) is 18.9. The number of aliphatic hydroxyl groups is 1. The fourth-order valence-corrected chi connectivity index (χ4v) is 10.4. The SMILES string of the molecule is CCOc1ccc(NC(=O)[C@@H]2[C@H]3C(=O)N([C@@H](CO)CC(C)C)C(C(=O)NC(C)(C)CC(C)(C)C)C34CC[C@@]2(C)S4)cc1. The zero-order valence-corrected chi connectivity index (χ0v) is 27.7. The summed E-state index contributed by atoms with van der Waals surface area (Å²) in [4.78, 5) is 44.6. The quantitative estimate of drug-likeness (QED) is 0.320. The molecule has 3 fully saturated rings. The van der Waals surface area contributed by atoms with Crippen molar-refractivity contribution in [2.75, 3.05) is 18.5 Å². The first kappa shape index (κ1) is 32.6. The standard InChI is InChI=1S/C33H51N3O5S/c1-10-41-23-13-11-21(12-14-23)34-27(38)24-25-29(40)36(22(18-37)17-20(2)3)26(33(25)16-15-32(24,9)42-33)28(39)35-31(7,8)19-30(4,5)6/h11-14,20,22,24-26,37H,10,15-19H2,1-9H3,(H,34,38)(H,35,39)/t22-,24+,25+,26?,32-,33?/m1/s1. The number of hydrogen-bond donors (Lipinski definition) is 3. The minimum absolute atomic E-state index is 0.00779. The van der Waals surface area contributed by atoms with Crippen LogP contribution >= 0.6 is 11.8 Å². The third-order valence-corrected chi connectivity index (χ3v) is 10.9. The van der Waals surface area contributed by atoms with Gasteiger partial charge in [0, 0.05) is 16.0 Å². The maximum Gasteiger partial charge on any atom is 0.244 e. The van der Waals surface area contributed by atoms with E-state index in [0.717, 1.165) is 18.6 Å². The summed E-state index contributed by atoms with van der Waals surface area (Å²) in [5, 5.41) is 16.9. The molecule has 0 aliphatic carbocycles. The maximum absolute atomic E-state index is 14.5. The van der Waals surface area contributed by atoms with E-state index in [9.17, 15) is 19.5 Å². The van der Waals surface area contributed by atoms with Crippen LogP contribution < -0.4 is 15.4 Å². The van der Waals surface area contributed by atoms with Crippen molar-refractivity contribution in [2.45, 2.75) is 115 Å². The average Bonchev–Trinajstić information content (AvgIpc) is 3.42. The first-order chi connectivity index (χ1) is 19.5. The number of carbonyl (C=O) groups is 3. The second-order valence-electron chi connectivity index (χ2n) is 15.0. The second-order valence-corrected chi connectivity index (χ2v) is 16.9. The zero-order valence-electron chi connectivity index (χ0n) is 26.9. The van der Waals surface area contributed by atoms with Gasteiger partial charge in [0.15, 0.2) is 0 Å². The number of nitrogens with one attached hydrogen (secondary N) is 2.